The fourth-order valence-electron chi connectivity index (χ4n) is 4.81. The van der Waals surface area contributed by atoms with E-state index in [1.54, 1.807) is 32.4 Å². The molecule has 3 aliphatic rings. The number of carbonyl (C=O) groups excluding carboxylic acids is 2. The molecule has 174 valence electrons. The van der Waals surface area contributed by atoms with Gasteiger partial charge in [0.05, 0.1) is 19.1 Å². The maximum Gasteiger partial charge on any atom is 0.328 e. The standard InChI is InChI=1S/C23H34N6O3/c1-25-21-20(22(30)26(2)23(25)31)29(17-24-21)12-8-4-7-11-27-13-15-28(16-14-27)18-9-5-6-10-19(18)32-3/h5-6,9-10,17,20-21H,4,7-8,11-16H2,1-3H3. The van der Waals surface area contributed by atoms with Crippen LogP contribution in [0.15, 0.2) is 29.3 Å². The number of aliphatic imine (C=N–C) groups is 1. The predicted molar refractivity (Wildman–Crippen MR) is 124 cm³/mol. The summed E-state index contributed by atoms with van der Waals surface area (Å²) in [6.07, 6.45) is 4.59. The highest BCUT2D eigenvalue weighted by Gasteiger charge is 2.48. The number of nitrogens with zero attached hydrogens (tertiary/aromatic N) is 6. The number of anilines is 1. The number of methoxy groups -OCH3 is 1. The summed E-state index contributed by atoms with van der Waals surface area (Å²) in [5, 5.41) is 0. The summed E-state index contributed by atoms with van der Waals surface area (Å²) >= 11 is 0. The summed E-state index contributed by atoms with van der Waals surface area (Å²) in [6, 6.07) is 7.54. The zero-order valence-corrected chi connectivity index (χ0v) is 19.3. The number of piperazine rings is 1. The van der Waals surface area contributed by atoms with Crippen molar-refractivity contribution in [1.82, 2.24) is 19.6 Å². The highest BCUT2D eigenvalue weighted by Crippen LogP contribution is 2.28. The second kappa shape index (κ2) is 9.77. The van der Waals surface area contributed by atoms with Crippen LogP contribution < -0.4 is 9.64 Å². The third-order valence-electron chi connectivity index (χ3n) is 6.77. The largest absolute Gasteiger partial charge is 0.495 e. The van der Waals surface area contributed by atoms with Crippen molar-refractivity contribution in [2.24, 2.45) is 4.99 Å². The molecule has 0 N–H and O–H groups in total. The van der Waals surface area contributed by atoms with E-state index in [4.69, 9.17) is 4.74 Å². The Bertz CT molecular complexity index is 854. The van der Waals surface area contributed by atoms with Gasteiger partial charge in [-0.05, 0) is 31.5 Å². The van der Waals surface area contributed by atoms with E-state index in [9.17, 15) is 9.59 Å². The minimum atomic E-state index is -0.397. The van der Waals surface area contributed by atoms with Gasteiger partial charge in [0.15, 0.2) is 12.2 Å². The number of amides is 3. The van der Waals surface area contributed by atoms with E-state index in [0.717, 1.165) is 64.3 Å². The first-order valence-electron chi connectivity index (χ1n) is 11.4. The first-order valence-corrected chi connectivity index (χ1v) is 11.4. The van der Waals surface area contributed by atoms with Crippen LogP contribution in [0.1, 0.15) is 19.3 Å². The molecule has 1 aromatic rings. The Balaban J connectivity index is 1.16. The summed E-state index contributed by atoms with van der Waals surface area (Å²) in [5.74, 6) is 0.773. The Hall–Kier alpha value is -2.81. The Morgan fingerprint density at radius 3 is 2.47 bits per heavy atom. The van der Waals surface area contributed by atoms with Crippen molar-refractivity contribution < 1.29 is 14.3 Å². The highest BCUT2D eigenvalue weighted by atomic mass is 16.5. The Kier molecular flexibility index (Phi) is 6.83. The minimum Gasteiger partial charge on any atom is -0.495 e. The minimum absolute atomic E-state index is 0.163. The average Bonchev–Trinajstić information content (AvgIpc) is 3.25. The van der Waals surface area contributed by atoms with Crippen molar-refractivity contribution >= 4 is 24.0 Å². The first kappa shape index (κ1) is 22.4. The van der Waals surface area contributed by atoms with Crippen molar-refractivity contribution in [3.05, 3.63) is 24.3 Å². The van der Waals surface area contributed by atoms with E-state index in [1.165, 1.54) is 10.6 Å². The van der Waals surface area contributed by atoms with Crippen molar-refractivity contribution in [3.8, 4) is 5.75 Å². The lowest BCUT2D eigenvalue weighted by Crippen LogP contribution is -2.63. The van der Waals surface area contributed by atoms with Gasteiger partial charge in [0.2, 0.25) is 0 Å². The lowest BCUT2D eigenvalue weighted by atomic mass is 10.1. The molecule has 3 aliphatic heterocycles. The van der Waals surface area contributed by atoms with Crippen LogP contribution in [0.25, 0.3) is 0 Å². The predicted octanol–water partition coefficient (Wildman–Crippen LogP) is 1.55. The molecule has 0 spiro atoms. The number of fused-ring (bicyclic) bond motifs is 1. The third-order valence-corrected chi connectivity index (χ3v) is 6.77. The molecule has 3 amide bonds. The van der Waals surface area contributed by atoms with Crippen LogP contribution in [-0.4, -0.2) is 111 Å². The van der Waals surface area contributed by atoms with Crippen LogP contribution in [0.5, 0.6) is 5.75 Å². The second-order valence-electron chi connectivity index (χ2n) is 8.71. The fourth-order valence-corrected chi connectivity index (χ4v) is 4.81. The van der Waals surface area contributed by atoms with Crippen LogP contribution in [-0.2, 0) is 4.79 Å². The maximum atomic E-state index is 12.6. The molecule has 2 unspecified atom stereocenters. The molecule has 2 saturated heterocycles. The normalized spacial score (nSPS) is 23.8. The number of carbonyl (C=O) groups is 2. The molecular weight excluding hydrogens is 408 g/mol. The van der Waals surface area contributed by atoms with E-state index < -0.39 is 6.17 Å². The molecule has 4 rings (SSSR count). The highest BCUT2D eigenvalue weighted by molar-refractivity contribution is 6.01. The number of unbranched alkanes of at least 4 members (excludes halogenated alkanes) is 2. The molecule has 3 heterocycles. The SMILES string of the molecule is COc1ccccc1N1CCN(CCCCCN2C=NC3C2C(=O)N(C)C(=O)N3C)CC1. The summed E-state index contributed by atoms with van der Waals surface area (Å²) in [4.78, 5) is 38.8. The number of para-hydroxylation sites is 2. The van der Waals surface area contributed by atoms with Gasteiger partial charge in [-0.2, -0.15) is 0 Å². The molecule has 9 heteroatoms. The van der Waals surface area contributed by atoms with Gasteiger partial charge < -0.3 is 19.4 Å². The lowest BCUT2D eigenvalue weighted by molar-refractivity contribution is -0.136. The number of ether oxygens (including phenoxy) is 1. The van der Waals surface area contributed by atoms with Crippen molar-refractivity contribution in [3.63, 3.8) is 0 Å². The monoisotopic (exact) mass is 442 g/mol. The molecule has 1 aromatic carbocycles. The number of hydrogen-bond acceptors (Lipinski definition) is 7. The quantitative estimate of drug-likeness (QED) is 0.569. The lowest BCUT2D eigenvalue weighted by Gasteiger charge is -2.39. The summed E-state index contributed by atoms with van der Waals surface area (Å²) in [6.45, 7) is 6.02. The molecule has 2 atom stereocenters. The number of rotatable bonds is 8. The second-order valence-corrected chi connectivity index (χ2v) is 8.71. The van der Waals surface area contributed by atoms with Gasteiger partial charge in [-0.3, -0.25) is 14.6 Å². The van der Waals surface area contributed by atoms with Crippen LogP contribution in [0, 0.1) is 0 Å². The molecule has 0 radical (unpaired) electrons. The van der Waals surface area contributed by atoms with E-state index >= 15 is 0 Å². The molecule has 0 bridgehead atoms. The molecule has 0 aliphatic carbocycles. The van der Waals surface area contributed by atoms with Crippen LogP contribution in [0.4, 0.5) is 10.5 Å². The Labute approximate surface area is 190 Å². The zero-order chi connectivity index (χ0) is 22.7. The van der Waals surface area contributed by atoms with Gasteiger partial charge in [-0.25, -0.2) is 9.79 Å². The van der Waals surface area contributed by atoms with E-state index in [1.807, 2.05) is 17.0 Å². The fraction of sp³-hybridized carbons (Fsp3) is 0.609. The van der Waals surface area contributed by atoms with Gasteiger partial charge in [-0.15, -0.1) is 0 Å². The number of imide groups is 1. The molecule has 0 saturated carbocycles. The molecule has 0 aromatic heterocycles. The zero-order valence-electron chi connectivity index (χ0n) is 19.3. The van der Waals surface area contributed by atoms with Crippen LogP contribution in [0.2, 0.25) is 0 Å². The van der Waals surface area contributed by atoms with Crippen LogP contribution >= 0.6 is 0 Å². The number of likely N-dealkylation sites (N-methyl/N-ethyl adjacent to an activating group) is 2. The van der Waals surface area contributed by atoms with Crippen molar-refractivity contribution in [2.45, 2.75) is 31.5 Å². The average molecular weight is 443 g/mol. The maximum absolute atomic E-state index is 12.6. The van der Waals surface area contributed by atoms with Crippen LogP contribution in [0.3, 0.4) is 0 Å². The van der Waals surface area contributed by atoms with Crippen molar-refractivity contribution in [1.29, 1.82) is 0 Å². The topological polar surface area (TPSA) is 71.9 Å². The molecule has 2 fully saturated rings. The first-order chi connectivity index (χ1) is 15.5. The summed E-state index contributed by atoms with van der Waals surface area (Å²) in [7, 11) is 4.97. The van der Waals surface area contributed by atoms with Gasteiger partial charge in [-0.1, -0.05) is 18.6 Å². The number of benzene rings is 1. The molecular formula is C23H34N6O3. The summed E-state index contributed by atoms with van der Waals surface area (Å²) < 4.78 is 5.50. The third kappa shape index (κ3) is 4.39. The number of urea groups is 1. The van der Waals surface area contributed by atoms with Gasteiger partial charge >= 0.3 is 6.03 Å². The van der Waals surface area contributed by atoms with E-state index in [0.29, 0.717) is 0 Å². The Morgan fingerprint density at radius 1 is 1.00 bits per heavy atom. The summed E-state index contributed by atoms with van der Waals surface area (Å²) in [5.41, 5.74) is 1.18. The van der Waals surface area contributed by atoms with Gasteiger partial charge in [0.25, 0.3) is 5.91 Å². The molecule has 32 heavy (non-hydrogen) atoms. The molecule has 9 nitrogen and oxygen atoms in total. The van der Waals surface area contributed by atoms with E-state index in [-0.39, 0.29) is 18.0 Å². The number of hydrogen-bond donors (Lipinski definition) is 0. The van der Waals surface area contributed by atoms with Gasteiger partial charge in [0, 0.05) is 46.8 Å². The van der Waals surface area contributed by atoms with E-state index in [2.05, 4.69) is 26.9 Å². The van der Waals surface area contributed by atoms with Gasteiger partial charge in [0.1, 0.15) is 5.75 Å². The smallest absolute Gasteiger partial charge is 0.328 e. The Morgan fingerprint density at radius 2 is 1.72 bits per heavy atom. The van der Waals surface area contributed by atoms with Crippen molar-refractivity contribution in [2.75, 3.05) is 65.4 Å².